The molecule has 18 heavy (non-hydrogen) atoms. The summed E-state index contributed by atoms with van der Waals surface area (Å²) >= 11 is 0. The molecule has 0 atom stereocenters. The topological polar surface area (TPSA) is 58.4 Å². The number of hydrogen-bond acceptors (Lipinski definition) is 3. The second-order valence-corrected chi connectivity index (χ2v) is 5.15. The number of aliphatic carboxylic acids is 1. The SMILES string of the molecule is Cc1nn(C)cc1CN(CC(=O)O)C1CCCC1. The first kappa shape index (κ1) is 13.1. The monoisotopic (exact) mass is 251 g/mol. The number of aromatic nitrogens is 2. The van der Waals surface area contributed by atoms with Gasteiger partial charge in [0, 0.05) is 31.4 Å². The Kier molecular flexibility index (Phi) is 4.01. The molecule has 1 heterocycles. The number of carboxylic acid groups (broad SMARTS) is 1. The van der Waals surface area contributed by atoms with Gasteiger partial charge in [0.15, 0.2) is 0 Å². The van der Waals surface area contributed by atoms with Crippen LogP contribution in [0.1, 0.15) is 36.9 Å². The van der Waals surface area contributed by atoms with Gasteiger partial charge in [-0.2, -0.15) is 5.10 Å². The third-order valence-electron chi connectivity index (χ3n) is 3.67. The Hall–Kier alpha value is -1.36. The Morgan fingerprint density at radius 3 is 2.72 bits per heavy atom. The van der Waals surface area contributed by atoms with Crippen LogP contribution in [0.3, 0.4) is 0 Å². The van der Waals surface area contributed by atoms with Crippen molar-refractivity contribution in [2.75, 3.05) is 6.54 Å². The van der Waals surface area contributed by atoms with Crippen molar-refractivity contribution in [3.63, 3.8) is 0 Å². The van der Waals surface area contributed by atoms with Gasteiger partial charge in [0.1, 0.15) is 0 Å². The van der Waals surface area contributed by atoms with Gasteiger partial charge in [-0.3, -0.25) is 14.4 Å². The lowest BCUT2D eigenvalue weighted by molar-refractivity contribution is -0.139. The smallest absolute Gasteiger partial charge is 0.317 e. The van der Waals surface area contributed by atoms with Crippen molar-refractivity contribution in [2.45, 2.75) is 45.2 Å². The second kappa shape index (κ2) is 5.52. The van der Waals surface area contributed by atoms with Gasteiger partial charge in [-0.15, -0.1) is 0 Å². The number of carbonyl (C=O) groups is 1. The Labute approximate surface area is 107 Å². The lowest BCUT2D eigenvalue weighted by Crippen LogP contribution is -2.37. The van der Waals surface area contributed by atoms with Crippen molar-refractivity contribution in [3.8, 4) is 0 Å². The van der Waals surface area contributed by atoms with Crippen LogP contribution in [0.4, 0.5) is 0 Å². The summed E-state index contributed by atoms with van der Waals surface area (Å²) in [7, 11) is 1.90. The fourth-order valence-electron chi connectivity index (χ4n) is 2.78. The van der Waals surface area contributed by atoms with Crippen molar-refractivity contribution < 1.29 is 9.90 Å². The van der Waals surface area contributed by atoms with Gasteiger partial charge in [0.2, 0.25) is 0 Å². The fraction of sp³-hybridized carbons (Fsp3) is 0.692. The molecule has 0 unspecified atom stereocenters. The molecule has 1 saturated carbocycles. The first-order valence-electron chi connectivity index (χ1n) is 6.51. The first-order valence-corrected chi connectivity index (χ1v) is 6.51. The highest BCUT2D eigenvalue weighted by molar-refractivity contribution is 5.69. The van der Waals surface area contributed by atoms with E-state index in [0.717, 1.165) is 24.1 Å². The number of aryl methyl sites for hydroxylation is 2. The Morgan fingerprint density at radius 1 is 1.56 bits per heavy atom. The summed E-state index contributed by atoms with van der Waals surface area (Å²) in [5, 5.41) is 13.3. The number of hydrogen-bond donors (Lipinski definition) is 1. The standard InChI is InChI=1S/C13H21N3O2/c1-10-11(7-15(2)14-10)8-16(9-13(17)18)12-5-3-4-6-12/h7,12H,3-6,8-9H2,1-2H3,(H,17,18). The van der Waals surface area contributed by atoms with Gasteiger partial charge in [-0.05, 0) is 19.8 Å². The molecule has 0 radical (unpaired) electrons. The Bertz CT molecular complexity index is 422. The zero-order valence-corrected chi connectivity index (χ0v) is 11.1. The van der Waals surface area contributed by atoms with Gasteiger partial charge in [-0.25, -0.2) is 0 Å². The van der Waals surface area contributed by atoms with E-state index in [9.17, 15) is 4.79 Å². The van der Waals surface area contributed by atoms with Crippen LogP contribution in [-0.4, -0.2) is 38.3 Å². The van der Waals surface area contributed by atoms with Gasteiger partial charge >= 0.3 is 5.97 Å². The molecule has 100 valence electrons. The molecule has 0 aliphatic heterocycles. The lowest BCUT2D eigenvalue weighted by atomic mass is 10.1. The maximum atomic E-state index is 11.0. The Morgan fingerprint density at radius 2 is 2.22 bits per heavy atom. The van der Waals surface area contributed by atoms with Crippen LogP contribution < -0.4 is 0 Å². The van der Waals surface area contributed by atoms with Crippen LogP contribution >= 0.6 is 0 Å². The van der Waals surface area contributed by atoms with Crippen molar-refractivity contribution in [3.05, 3.63) is 17.5 Å². The summed E-state index contributed by atoms with van der Waals surface area (Å²) in [5.41, 5.74) is 2.12. The molecule has 1 aliphatic carbocycles. The quantitative estimate of drug-likeness (QED) is 0.862. The molecule has 1 aromatic heterocycles. The highest BCUT2D eigenvalue weighted by atomic mass is 16.4. The molecule has 5 heteroatoms. The van der Waals surface area contributed by atoms with Crippen molar-refractivity contribution >= 4 is 5.97 Å². The molecule has 0 amide bonds. The maximum Gasteiger partial charge on any atom is 0.317 e. The summed E-state index contributed by atoms with van der Waals surface area (Å²) < 4.78 is 1.79. The lowest BCUT2D eigenvalue weighted by Gasteiger charge is -2.26. The molecule has 0 spiro atoms. The molecule has 2 rings (SSSR count). The zero-order valence-electron chi connectivity index (χ0n) is 11.1. The van der Waals surface area contributed by atoms with E-state index in [1.54, 1.807) is 4.68 Å². The van der Waals surface area contributed by atoms with Gasteiger partial charge in [0.05, 0.1) is 12.2 Å². The second-order valence-electron chi connectivity index (χ2n) is 5.15. The average Bonchev–Trinajstić information content (AvgIpc) is 2.87. The van der Waals surface area contributed by atoms with Crippen molar-refractivity contribution in [1.29, 1.82) is 0 Å². The van der Waals surface area contributed by atoms with Crippen molar-refractivity contribution in [2.24, 2.45) is 7.05 Å². The van der Waals surface area contributed by atoms with Crippen LogP contribution in [0.2, 0.25) is 0 Å². The van der Waals surface area contributed by atoms with E-state index < -0.39 is 5.97 Å². The van der Waals surface area contributed by atoms with Crippen LogP contribution in [-0.2, 0) is 18.4 Å². The minimum Gasteiger partial charge on any atom is -0.480 e. The molecule has 1 fully saturated rings. The summed E-state index contributed by atoms with van der Waals surface area (Å²) in [6.07, 6.45) is 6.65. The Balaban J connectivity index is 2.08. The van der Waals surface area contributed by atoms with Gasteiger partial charge in [-0.1, -0.05) is 12.8 Å². The molecule has 0 saturated heterocycles. The van der Waals surface area contributed by atoms with Gasteiger partial charge < -0.3 is 5.11 Å². The normalized spacial score (nSPS) is 16.6. The van der Waals surface area contributed by atoms with Crippen LogP contribution in [0.25, 0.3) is 0 Å². The highest BCUT2D eigenvalue weighted by Gasteiger charge is 2.25. The predicted octanol–water partition coefficient (Wildman–Crippen LogP) is 1.56. The summed E-state index contributed by atoms with van der Waals surface area (Å²) in [6, 6.07) is 0.417. The molecule has 5 nitrogen and oxygen atoms in total. The van der Waals surface area contributed by atoms with Gasteiger partial charge in [0.25, 0.3) is 0 Å². The van der Waals surface area contributed by atoms with Crippen molar-refractivity contribution in [1.82, 2.24) is 14.7 Å². The zero-order chi connectivity index (χ0) is 13.1. The number of nitrogens with zero attached hydrogens (tertiary/aromatic N) is 3. The number of rotatable bonds is 5. The molecule has 1 N–H and O–H groups in total. The third-order valence-corrected chi connectivity index (χ3v) is 3.67. The maximum absolute atomic E-state index is 11.0. The van der Waals surface area contributed by atoms with E-state index in [-0.39, 0.29) is 6.54 Å². The molecule has 1 aromatic rings. The summed E-state index contributed by atoms with van der Waals surface area (Å²) in [6.45, 7) is 2.79. The molecular formula is C13H21N3O2. The average molecular weight is 251 g/mol. The van der Waals surface area contributed by atoms with E-state index in [1.807, 2.05) is 20.2 Å². The largest absolute Gasteiger partial charge is 0.480 e. The fourth-order valence-corrected chi connectivity index (χ4v) is 2.78. The molecule has 0 aromatic carbocycles. The molecular weight excluding hydrogens is 230 g/mol. The van der Waals surface area contributed by atoms with E-state index in [0.29, 0.717) is 12.6 Å². The highest BCUT2D eigenvalue weighted by Crippen LogP contribution is 2.25. The minimum atomic E-state index is -0.747. The molecule has 0 bridgehead atoms. The predicted molar refractivity (Wildman–Crippen MR) is 68.2 cm³/mol. The third kappa shape index (κ3) is 3.10. The first-order chi connectivity index (χ1) is 8.56. The molecule has 1 aliphatic rings. The van der Waals surface area contributed by atoms with Crippen LogP contribution in [0.5, 0.6) is 0 Å². The van der Waals surface area contributed by atoms with E-state index in [1.165, 1.54) is 12.8 Å². The number of carboxylic acids is 1. The van der Waals surface area contributed by atoms with E-state index in [4.69, 9.17) is 5.11 Å². The van der Waals surface area contributed by atoms with Crippen LogP contribution in [0.15, 0.2) is 6.20 Å². The van der Waals surface area contributed by atoms with E-state index >= 15 is 0 Å². The summed E-state index contributed by atoms with van der Waals surface area (Å²) in [5.74, 6) is -0.747. The summed E-state index contributed by atoms with van der Waals surface area (Å²) in [4.78, 5) is 13.1. The van der Waals surface area contributed by atoms with Crippen LogP contribution in [0, 0.1) is 6.92 Å². The minimum absolute atomic E-state index is 0.124. The van der Waals surface area contributed by atoms with E-state index in [2.05, 4.69) is 10.00 Å².